The van der Waals surface area contributed by atoms with Gasteiger partial charge in [-0.1, -0.05) is 53.5 Å². The lowest BCUT2D eigenvalue weighted by Gasteiger charge is -2.09. The number of ketones is 1. The molecule has 0 fully saturated rings. The predicted octanol–water partition coefficient (Wildman–Crippen LogP) is 6.50. The van der Waals surface area contributed by atoms with Gasteiger partial charge in [-0.25, -0.2) is 0 Å². The fraction of sp³-hybridized carbons (Fsp3) is 0.0870. The van der Waals surface area contributed by atoms with Gasteiger partial charge in [-0.3, -0.25) is 4.79 Å². The maximum absolute atomic E-state index is 12.6. The lowest BCUT2D eigenvalue weighted by Crippen LogP contribution is -1.98. The van der Waals surface area contributed by atoms with Crippen molar-refractivity contribution >= 4 is 35.1 Å². The normalized spacial score (nSPS) is 14.1. The number of carbonyl (C=O) groups is 1. The van der Waals surface area contributed by atoms with Crippen LogP contribution >= 0.6 is 23.2 Å². The summed E-state index contributed by atoms with van der Waals surface area (Å²) in [6.45, 7) is 2.28. The summed E-state index contributed by atoms with van der Waals surface area (Å²) < 4.78 is 11.6. The Morgan fingerprint density at radius 1 is 1.04 bits per heavy atom. The number of allylic oxidation sites excluding steroid dienone is 1. The van der Waals surface area contributed by atoms with Crippen LogP contribution in [0.25, 0.3) is 6.08 Å². The lowest BCUT2D eigenvalue weighted by atomic mass is 10.1. The standard InChI is InChI=1S/C23H16Cl2O3/c1-14-4-2-3-5-15(14)10-22-23(26)19-9-8-18(12-21(19)28-22)27-13-16-6-7-17(24)11-20(16)25/h2-12H,13H2,1H3. The smallest absolute Gasteiger partial charge is 0.231 e. The molecule has 0 aromatic heterocycles. The first kappa shape index (κ1) is 18.6. The summed E-state index contributed by atoms with van der Waals surface area (Å²) in [4.78, 5) is 12.6. The van der Waals surface area contributed by atoms with E-state index >= 15 is 0 Å². The Hall–Kier alpha value is -2.75. The highest BCUT2D eigenvalue weighted by molar-refractivity contribution is 6.35. The average molecular weight is 411 g/mol. The topological polar surface area (TPSA) is 35.5 Å². The second-order valence-corrected chi connectivity index (χ2v) is 7.32. The lowest BCUT2D eigenvalue weighted by molar-refractivity contribution is 0.101. The number of rotatable bonds is 4. The Kier molecular flexibility index (Phi) is 5.12. The fourth-order valence-corrected chi connectivity index (χ4v) is 3.41. The van der Waals surface area contributed by atoms with Crippen molar-refractivity contribution in [1.82, 2.24) is 0 Å². The molecule has 1 heterocycles. The third-order valence-corrected chi connectivity index (χ3v) is 5.11. The summed E-state index contributed by atoms with van der Waals surface area (Å²) in [6, 6.07) is 18.3. The molecule has 3 aromatic carbocycles. The van der Waals surface area contributed by atoms with Crippen LogP contribution in [-0.2, 0) is 6.61 Å². The van der Waals surface area contributed by atoms with Crippen LogP contribution in [0.2, 0.25) is 10.0 Å². The SMILES string of the molecule is Cc1ccccc1C=C1Oc2cc(OCc3ccc(Cl)cc3Cl)ccc2C1=O. The first-order valence-electron chi connectivity index (χ1n) is 8.72. The van der Waals surface area contributed by atoms with Gasteiger partial charge in [0.1, 0.15) is 18.1 Å². The van der Waals surface area contributed by atoms with Crippen molar-refractivity contribution in [3.63, 3.8) is 0 Å². The average Bonchev–Trinajstić information content (AvgIpc) is 2.98. The van der Waals surface area contributed by atoms with E-state index in [2.05, 4.69) is 0 Å². The molecule has 0 unspecified atom stereocenters. The van der Waals surface area contributed by atoms with Gasteiger partial charge in [0, 0.05) is 21.7 Å². The van der Waals surface area contributed by atoms with Crippen LogP contribution in [0, 0.1) is 6.92 Å². The molecule has 1 aliphatic heterocycles. The molecule has 140 valence electrons. The molecule has 0 aliphatic carbocycles. The molecule has 3 nitrogen and oxygen atoms in total. The molecule has 3 aromatic rings. The predicted molar refractivity (Wildman–Crippen MR) is 111 cm³/mol. The van der Waals surface area contributed by atoms with Gasteiger partial charge in [-0.15, -0.1) is 0 Å². The highest BCUT2D eigenvalue weighted by Crippen LogP contribution is 2.35. The van der Waals surface area contributed by atoms with E-state index in [-0.39, 0.29) is 12.4 Å². The molecule has 0 saturated carbocycles. The quantitative estimate of drug-likeness (QED) is 0.460. The summed E-state index contributed by atoms with van der Waals surface area (Å²) in [5.41, 5.74) is 3.37. The van der Waals surface area contributed by atoms with Crippen molar-refractivity contribution in [3.8, 4) is 11.5 Å². The van der Waals surface area contributed by atoms with Crippen LogP contribution in [0.3, 0.4) is 0 Å². The molecule has 0 saturated heterocycles. The number of ether oxygens (including phenoxy) is 2. The van der Waals surface area contributed by atoms with E-state index in [1.54, 1.807) is 36.4 Å². The molecular formula is C23H16Cl2O3. The van der Waals surface area contributed by atoms with E-state index in [1.807, 2.05) is 37.3 Å². The summed E-state index contributed by atoms with van der Waals surface area (Å²) in [6.07, 6.45) is 1.77. The maximum Gasteiger partial charge on any atom is 0.231 e. The number of Topliss-reactive ketones (excluding diaryl/α,β-unsaturated/α-hetero) is 1. The van der Waals surface area contributed by atoms with E-state index < -0.39 is 0 Å². The van der Waals surface area contributed by atoms with Gasteiger partial charge in [0.2, 0.25) is 5.78 Å². The number of aryl methyl sites for hydroxylation is 1. The summed E-state index contributed by atoms with van der Waals surface area (Å²) >= 11 is 12.1. The van der Waals surface area contributed by atoms with E-state index in [0.29, 0.717) is 32.9 Å². The summed E-state index contributed by atoms with van der Waals surface area (Å²) in [5.74, 6) is 1.26. The molecule has 0 atom stereocenters. The first-order valence-corrected chi connectivity index (χ1v) is 9.47. The first-order chi connectivity index (χ1) is 13.5. The van der Waals surface area contributed by atoms with Crippen molar-refractivity contribution in [2.24, 2.45) is 0 Å². The zero-order valence-corrected chi connectivity index (χ0v) is 16.6. The number of carbonyl (C=O) groups excluding carboxylic acids is 1. The van der Waals surface area contributed by atoms with Gasteiger partial charge in [-0.05, 0) is 48.4 Å². The molecule has 0 spiro atoms. The van der Waals surface area contributed by atoms with Crippen LogP contribution in [-0.4, -0.2) is 5.78 Å². The minimum Gasteiger partial charge on any atom is -0.489 e. The van der Waals surface area contributed by atoms with Crippen molar-refractivity contribution in [1.29, 1.82) is 0 Å². The Labute approximate surface area is 173 Å². The molecule has 5 heteroatoms. The van der Waals surface area contributed by atoms with E-state index in [0.717, 1.165) is 16.7 Å². The molecule has 0 N–H and O–H groups in total. The minimum atomic E-state index is -0.134. The van der Waals surface area contributed by atoms with Crippen LogP contribution in [0.4, 0.5) is 0 Å². The van der Waals surface area contributed by atoms with Crippen LogP contribution in [0.1, 0.15) is 27.0 Å². The van der Waals surface area contributed by atoms with E-state index in [9.17, 15) is 4.79 Å². The largest absolute Gasteiger partial charge is 0.489 e. The Morgan fingerprint density at radius 2 is 1.86 bits per heavy atom. The molecule has 0 radical (unpaired) electrons. The van der Waals surface area contributed by atoms with E-state index in [4.69, 9.17) is 32.7 Å². The van der Waals surface area contributed by atoms with Gasteiger partial charge in [-0.2, -0.15) is 0 Å². The van der Waals surface area contributed by atoms with Crippen molar-refractivity contribution in [2.45, 2.75) is 13.5 Å². The molecular weight excluding hydrogens is 395 g/mol. The van der Waals surface area contributed by atoms with Crippen LogP contribution in [0.15, 0.2) is 66.4 Å². The highest BCUT2D eigenvalue weighted by atomic mass is 35.5. The monoisotopic (exact) mass is 410 g/mol. The van der Waals surface area contributed by atoms with E-state index in [1.165, 1.54) is 0 Å². The summed E-state index contributed by atoms with van der Waals surface area (Å²) in [7, 11) is 0. The highest BCUT2D eigenvalue weighted by Gasteiger charge is 2.27. The third-order valence-electron chi connectivity index (χ3n) is 4.53. The second kappa shape index (κ2) is 7.70. The van der Waals surface area contributed by atoms with Gasteiger partial charge in [0.05, 0.1) is 5.56 Å². The zero-order chi connectivity index (χ0) is 19.7. The summed E-state index contributed by atoms with van der Waals surface area (Å²) in [5, 5.41) is 1.12. The molecule has 0 amide bonds. The number of fused-ring (bicyclic) bond motifs is 1. The maximum atomic E-state index is 12.6. The number of hydrogen-bond acceptors (Lipinski definition) is 3. The number of halogens is 2. The van der Waals surface area contributed by atoms with Crippen molar-refractivity contribution in [2.75, 3.05) is 0 Å². The second-order valence-electron chi connectivity index (χ2n) is 6.48. The number of hydrogen-bond donors (Lipinski definition) is 0. The van der Waals surface area contributed by atoms with Crippen LogP contribution < -0.4 is 9.47 Å². The van der Waals surface area contributed by atoms with Gasteiger partial charge in [0.25, 0.3) is 0 Å². The van der Waals surface area contributed by atoms with Crippen LogP contribution in [0.5, 0.6) is 11.5 Å². The van der Waals surface area contributed by atoms with Crippen molar-refractivity contribution < 1.29 is 14.3 Å². The minimum absolute atomic E-state index is 0.134. The van der Waals surface area contributed by atoms with Crippen molar-refractivity contribution in [3.05, 3.63) is 98.7 Å². The zero-order valence-electron chi connectivity index (χ0n) is 15.0. The van der Waals surface area contributed by atoms with Gasteiger partial charge in [0.15, 0.2) is 5.76 Å². The Bertz CT molecular complexity index is 1100. The Morgan fingerprint density at radius 3 is 2.64 bits per heavy atom. The molecule has 0 bridgehead atoms. The molecule has 28 heavy (non-hydrogen) atoms. The molecule has 1 aliphatic rings. The third kappa shape index (κ3) is 3.77. The Balaban J connectivity index is 1.53. The fourth-order valence-electron chi connectivity index (χ4n) is 2.95. The van der Waals surface area contributed by atoms with Gasteiger partial charge >= 0.3 is 0 Å². The molecule has 4 rings (SSSR count). The van der Waals surface area contributed by atoms with Gasteiger partial charge < -0.3 is 9.47 Å². The number of benzene rings is 3.